The van der Waals surface area contributed by atoms with Crippen LogP contribution in [-0.2, 0) is 0 Å². The molecule has 0 saturated heterocycles. The molecule has 100 valence electrons. The molecule has 0 bridgehead atoms. The first-order valence-corrected chi connectivity index (χ1v) is 7.31. The van der Waals surface area contributed by atoms with E-state index in [4.69, 9.17) is 0 Å². The van der Waals surface area contributed by atoms with Gasteiger partial charge in [0.1, 0.15) is 0 Å². The lowest BCUT2D eigenvalue weighted by Crippen LogP contribution is -2.45. The molecule has 2 rings (SSSR count). The van der Waals surface area contributed by atoms with Crippen molar-refractivity contribution in [3.8, 4) is 0 Å². The van der Waals surface area contributed by atoms with Crippen LogP contribution in [-0.4, -0.2) is 17.3 Å². The van der Waals surface area contributed by atoms with E-state index in [0.29, 0.717) is 11.3 Å². The van der Waals surface area contributed by atoms with Gasteiger partial charge in [-0.2, -0.15) is 0 Å². The largest absolute Gasteiger partial charge is 0.394 e. The van der Waals surface area contributed by atoms with Gasteiger partial charge in [-0.15, -0.1) is 0 Å². The molecule has 2 nitrogen and oxygen atoms in total. The number of hydrogen-bond acceptors (Lipinski definition) is 2. The highest BCUT2D eigenvalue weighted by Gasteiger charge is 2.48. The van der Waals surface area contributed by atoms with E-state index in [1.54, 1.807) is 0 Å². The second-order valence-corrected chi connectivity index (χ2v) is 7.31. The average molecular weight is 312 g/mol. The molecule has 1 aromatic rings. The topological polar surface area (TPSA) is 32.3 Å². The molecule has 3 heteroatoms. The molecule has 0 heterocycles. The number of halogens is 1. The Morgan fingerprint density at radius 3 is 2.39 bits per heavy atom. The molecule has 1 aliphatic rings. The highest BCUT2D eigenvalue weighted by atomic mass is 79.9. The maximum Gasteiger partial charge on any atom is 0.0664 e. The second kappa shape index (κ2) is 4.86. The van der Waals surface area contributed by atoms with Crippen LogP contribution in [0.25, 0.3) is 0 Å². The zero-order valence-electron chi connectivity index (χ0n) is 11.3. The molecule has 2 unspecified atom stereocenters. The third-order valence-corrected chi connectivity index (χ3v) is 4.64. The van der Waals surface area contributed by atoms with Crippen molar-refractivity contribution in [3.63, 3.8) is 0 Å². The molecule has 0 aromatic heterocycles. The first-order chi connectivity index (χ1) is 8.37. The van der Waals surface area contributed by atoms with E-state index >= 15 is 0 Å². The minimum Gasteiger partial charge on any atom is -0.394 e. The molecule has 2 atom stereocenters. The number of rotatable bonds is 3. The van der Waals surface area contributed by atoms with Crippen molar-refractivity contribution in [1.82, 2.24) is 0 Å². The van der Waals surface area contributed by atoms with Crippen LogP contribution in [0.2, 0.25) is 0 Å². The lowest BCUT2D eigenvalue weighted by Gasteiger charge is -2.35. The second-order valence-electron chi connectivity index (χ2n) is 6.39. The van der Waals surface area contributed by atoms with Crippen LogP contribution in [0.1, 0.15) is 33.6 Å². The Morgan fingerprint density at radius 1 is 1.33 bits per heavy atom. The summed E-state index contributed by atoms with van der Waals surface area (Å²) >= 11 is 3.44. The van der Waals surface area contributed by atoms with Gasteiger partial charge in [-0.1, -0.05) is 36.7 Å². The molecule has 0 radical (unpaired) electrons. The number of benzene rings is 1. The first kappa shape index (κ1) is 13.9. The Kier molecular flexibility index (Phi) is 3.75. The maximum atomic E-state index is 9.86. The van der Waals surface area contributed by atoms with Crippen molar-refractivity contribution in [3.05, 3.63) is 28.7 Å². The van der Waals surface area contributed by atoms with Gasteiger partial charge < -0.3 is 10.4 Å². The van der Waals surface area contributed by atoms with Gasteiger partial charge in [-0.05, 0) is 48.4 Å². The fourth-order valence-electron chi connectivity index (χ4n) is 3.36. The minimum atomic E-state index is -0.183. The lowest BCUT2D eigenvalue weighted by molar-refractivity contribution is 0.179. The van der Waals surface area contributed by atoms with E-state index in [1.807, 2.05) is 12.1 Å². The highest BCUT2D eigenvalue weighted by Crippen LogP contribution is 2.48. The summed E-state index contributed by atoms with van der Waals surface area (Å²) in [7, 11) is 0. The Morgan fingerprint density at radius 2 is 1.94 bits per heavy atom. The van der Waals surface area contributed by atoms with Crippen molar-refractivity contribution < 1.29 is 5.11 Å². The monoisotopic (exact) mass is 311 g/mol. The van der Waals surface area contributed by atoms with Gasteiger partial charge in [0.05, 0.1) is 12.1 Å². The maximum absolute atomic E-state index is 9.86. The summed E-state index contributed by atoms with van der Waals surface area (Å²) in [6.07, 6.45) is 2.16. The van der Waals surface area contributed by atoms with Crippen LogP contribution in [0.15, 0.2) is 28.7 Å². The third-order valence-electron chi connectivity index (χ3n) is 4.12. The third kappa shape index (κ3) is 2.72. The van der Waals surface area contributed by atoms with Gasteiger partial charge >= 0.3 is 0 Å². The van der Waals surface area contributed by atoms with Crippen LogP contribution >= 0.6 is 15.9 Å². The number of aliphatic hydroxyl groups is 1. The molecule has 1 fully saturated rings. The quantitative estimate of drug-likeness (QED) is 0.882. The van der Waals surface area contributed by atoms with Crippen molar-refractivity contribution >= 4 is 21.6 Å². The van der Waals surface area contributed by atoms with Gasteiger partial charge in [-0.3, -0.25) is 0 Å². The molecular weight excluding hydrogens is 290 g/mol. The first-order valence-electron chi connectivity index (χ1n) is 6.52. The summed E-state index contributed by atoms with van der Waals surface area (Å²) in [6, 6.07) is 8.16. The molecule has 0 spiro atoms. The van der Waals surface area contributed by atoms with Crippen LogP contribution in [0, 0.1) is 11.3 Å². The van der Waals surface area contributed by atoms with Crippen LogP contribution in [0.4, 0.5) is 5.69 Å². The van der Waals surface area contributed by atoms with E-state index in [-0.39, 0.29) is 12.1 Å². The summed E-state index contributed by atoms with van der Waals surface area (Å²) in [4.78, 5) is 0. The van der Waals surface area contributed by atoms with E-state index in [1.165, 1.54) is 0 Å². The van der Waals surface area contributed by atoms with E-state index in [0.717, 1.165) is 23.0 Å². The summed E-state index contributed by atoms with van der Waals surface area (Å²) in [6.45, 7) is 6.98. The summed E-state index contributed by atoms with van der Waals surface area (Å²) in [5, 5.41) is 13.4. The van der Waals surface area contributed by atoms with Gasteiger partial charge in [0.25, 0.3) is 0 Å². The number of aliphatic hydroxyl groups excluding tert-OH is 1. The van der Waals surface area contributed by atoms with Gasteiger partial charge in [0, 0.05) is 10.2 Å². The molecule has 0 amide bonds. The summed E-state index contributed by atoms with van der Waals surface area (Å²) < 4.78 is 1.07. The average Bonchev–Trinajstić information content (AvgIpc) is 2.52. The Hall–Kier alpha value is -0.540. The Labute approximate surface area is 118 Å². The Bertz CT molecular complexity index is 415. The molecule has 1 aliphatic carbocycles. The normalized spacial score (nSPS) is 30.4. The standard InChI is InChI=1S/C15H22BrNO/c1-11-8-14(2,3)9-15(11,10-18)17-13-6-4-12(16)5-7-13/h4-7,11,17-18H,8-10H2,1-3H3. The zero-order valence-corrected chi connectivity index (χ0v) is 12.9. The van der Waals surface area contributed by atoms with E-state index in [2.05, 4.69) is 54.2 Å². The van der Waals surface area contributed by atoms with E-state index < -0.39 is 0 Å². The Balaban J connectivity index is 2.21. The fourth-order valence-corrected chi connectivity index (χ4v) is 3.63. The van der Waals surface area contributed by atoms with Crippen molar-refractivity contribution in [2.24, 2.45) is 11.3 Å². The smallest absolute Gasteiger partial charge is 0.0664 e. The molecule has 18 heavy (non-hydrogen) atoms. The molecule has 2 N–H and O–H groups in total. The predicted molar refractivity (Wildman–Crippen MR) is 79.8 cm³/mol. The van der Waals surface area contributed by atoms with E-state index in [9.17, 15) is 5.11 Å². The van der Waals surface area contributed by atoms with Crippen molar-refractivity contribution in [2.45, 2.75) is 39.2 Å². The fraction of sp³-hybridized carbons (Fsp3) is 0.600. The molecule has 1 aromatic carbocycles. The van der Waals surface area contributed by atoms with Gasteiger partial charge in [0.15, 0.2) is 0 Å². The minimum absolute atomic E-state index is 0.183. The molecule has 0 aliphatic heterocycles. The predicted octanol–water partition coefficient (Wildman–Crippen LogP) is 4.05. The van der Waals surface area contributed by atoms with Crippen LogP contribution in [0.5, 0.6) is 0 Å². The van der Waals surface area contributed by atoms with Gasteiger partial charge in [0.2, 0.25) is 0 Å². The van der Waals surface area contributed by atoms with Gasteiger partial charge in [-0.25, -0.2) is 0 Å². The summed E-state index contributed by atoms with van der Waals surface area (Å²) in [5.74, 6) is 0.473. The summed E-state index contributed by atoms with van der Waals surface area (Å²) in [5.41, 5.74) is 1.19. The van der Waals surface area contributed by atoms with Crippen molar-refractivity contribution in [1.29, 1.82) is 0 Å². The molecular formula is C15H22BrNO. The van der Waals surface area contributed by atoms with Crippen LogP contribution < -0.4 is 5.32 Å². The number of anilines is 1. The SMILES string of the molecule is CC1CC(C)(C)CC1(CO)Nc1ccc(Br)cc1. The van der Waals surface area contributed by atoms with Crippen molar-refractivity contribution in [2.75, 3.05) is 11.9 Å². The number of nitrogens with one attached hydrogen (secondary N) is 1. The zero-order chi connectivity index (χ0) is 13.4. The number of hydrogen-bond donors (Lipinski definition) is 2. The lowest BCUT2D eigenvalue weighted by atomic mass is 9.86. The van der Waals surface area contributed by atoms with Crippen LogP contribution in [0.3, 0.4) is 0 Å². The molecule has 1 saturated carbocycles. The highest BCUT2D eigenvalue weighted by molar-refractivity contribution is 9.10.